The highest BCUT2D eigenvalue weighted by molar-refractivity contribution is 7.89. The molecular formula is C12H15NO5S. The van der Waals surface area contributed by atoms with Crippen LogP contribution in [0.15, 0.2) is 29.2 Å². The van der Waals surface area contributed by atoms with Gasteiger partial charge in [-0.15, -0.1) is 0 Å². The second-order valence-corrected chi connectivity index (χ2v) is 5.68. The second kappa shape index (κ2) is 6.44. The van der Waals surface area contributed by atoms with Crippen LogP contribution in [0.3, 0.4) is 0 Å². The molecule has 0 aromatic heterocycles. The van der Waals surface area contributed by atoms with Crippen molar-refractivity contribution >= 4 is 21.8 Å². The number of sulfonamides is 1. The minimum absolute atomic E-state index is 0.0510. The molecule has 0 spiro atoms. The number of carboxylic acid groups (broad SMARTS) is 1. The van der Waals surface area contributed by atoms with Crippen LogP contribution < -0.4 is 4.72 Å². The van der Waals surface area contributed by atoms with Gasteiger partial charge in [-0.3, -0.25) is 9.59 Å². The third-order valence-electron chi connectivity index (χ3n) is 2.38. The fraction of sp³-hybridized carbons (Fsp3) is 0.333. The maximum atomic E-state index is 11.7. The van der Waals surface area contributed by atoms with Gasteiger partial charge >= 0.3 is 5.97 Å². The molecule has 104 valence electrons. The number of nitrogens with one attached hydrogen (secondary N) is 1. The van der Waals surface area contributed by atoms with Crippen LogP contribution in [0.4, 0.5) is 0 Å². The summed E-state index contributed by atoms with van der Waals surface area (Å²) in [6, 6.07) is 5.42. The van der Waals surface area contributed by atoms with Crippen molar-refractivity contribution in [2.75, 3.05) is 6.54 Å². The van der Waals surface area contributed by atoms with Crippen LogP contribution in [0, 0.1) is 0 Å². The lowest BCUT2D eigenvalue weighted by Crippen LogP contribution is -2.29. The molecule has 0 radical (unpaired) electrons. The van der Waals surface area contributed by atoms with E-state index in [0.29, 0.717) is 12.0 Å². The van der Waals surface area contributed by atoms with E-state index in [-0.39, 0.29) is 10.7 Å². The van der Waals surface area contributed by atoms with Crippen molar-refractivity contribution in [2.45, 2.75) is 24.7 Å². The van der Waals surface area contributed by atoms with Crippen LogP contribution >= 0.6 is 0 Å². The summed E-state index contributed by atoms with van der Waals surface area (Å²) < 4.78 is 25.3. The number of hydrogen-bond acceptors (Lipinski definition) is 4. The van der Waals surface area contributed by atoms with E-state index in [1.807, 2.05) is 11.6 Å². The van der Waals surface area contributed by atoms with Crippen molar-refractivity contribution in [2.24, 2.45) is 0 Å². The molecule has 0 amide bonds. The number of rotatable bonds is 7. The second-order valence-electron chi connectivity index (χ2n) is 3.92. The molecule has 0 aliphatic rings. The molecule has 0 aliphatic carbocycles. The Balaban J connectivity index is 2.86. The fourth-order valence-electron chi connectivity index (χ4n) is 1.43. The zero-order chi connectivity index (χ0) is 14.5. The average Bonchev–Trinajstić information content (AvgIpc) is 2.37. The Bertz CT molecular complexity index is 562. The number of hydrogen-bond donors (Lipinski definition) is 2. The highest BCUT2D eigenvalue weighted by Crippen LogP contribution is 2.12. The van der Waals surface area contributed by atoms with E-state index < -0.39 is 22.5 Å². The van der Waals surface area contributed by atoms with Gasteiger partial charge in [-0.25, -0.2) is 8.42 Å². The number of benzene rings is 1. The summed E-state index contributed by atoms with van der Waals surface area (Å²) in [5.74, 6) is -1.32. The van der Waals surface area contributed by atoms with Gasteiger partial charge in [0.05, 0.1) is 4.90 Å². The summed E-state index contributed by atoms with van der Waals surface area (Å²) in [4.78, 5) is 21.8. The van der Waals surface area contributed by atoms with Gasteiger partial charge in [-0.1, -0.05) is 19.1 Å². The zero-order valence-corrected chi connectivity index (χ0v) is 11.2. The first-order chi connectivity index (χ1) is 8.86. The quantitative estimate of drug-likeness (QED) is 0.729. The van der Waals surface area contributed by atoms with Gasteiger partial charge in [-0.2, -0.15) is 4.72 Å². The van der Waals surface area contributed by atoms with Crippen molar-refractivity contribution in [3.63, 3.8) is 0 Å². The molecule has 1 rings (SSSR count). The van der Waals surface area contributed by atoms with Gasteiger partial charge in [0.25, 0.3) is 0 Å². The van der Waals surface area contributed by atoms with Gasteiger partial charge in [0.2, 0.25) is 10.0 Å². The minimum Gasteiger partial charge on any atom is -0.480 e. The lowest BCUT2D eigenvalue weighted by Gasteiger charge is -2.05. The number of ketones is 1. The molecule has 1 aromatic rings. The van der Waals surface area contributed by atoms with E-state index in [1.54, 1.807) is 0 Å². The molecular weight excluding hydrogens is 270 g/mol. The normalized spacial score (nSPS) is 11.2. The summed E-state index contributed by atoms with van der Waals surface area (Å²) in [5.41, 5.74) is 0.444. The van der Waals surface area contributed by atoms with Crippen LogP contribution in [-0.4, -0.2) is 31.8 Å². The first kappa shape index (κ1) is 15.3. The Morgan fingerprint density at radius 3 is 2.26 bits per heavy atom. The first-order valence-electron chi connectivity index (χ1n) is 5.71. The standard InChI is InChI=1S/C12H15NO5S/c1-2-3-11(14)9-4-6-10(7-5-9)19(17,18)13-8-12(15)16/h4-7,13H,2-3,8H2,1H3,(H,15,16). The fourth-order valence-corrected chi connectivity index (χ4v) is 2.41. The van der Waals surface area contributed by atoms with Gasteiger partial charge in [-0.05, 0) is 18.6 Å². The summed E-state index contributed by atoms with van der Waals surface area (Å²) in [7, 11) is -3.85. The molecule has 1 aromatic carbocycles. The maximum absolute atomic E-state index is 11.7. The van der Waals surface area contributed by atoms with Crippen LogP contribution in [0.2, 0.25) is 0 Å². The number of carbonyl (C=O) groups excluding carboxylic acids is 1. The Labute approximate surface area is 111 Å². The minimum atomic E-state index is -3.85. The van der Waals surface area contributed by atoms with Crippen molar-refractivity contribution in [3.05, 3.63) is 29.8 Å². The smallest absolute Gasteiger partial charge is 0.318 e. The summed E-state index contributed by atoms with van der Waals surface area (Å²) in [5, 5.41) is 8.43. The predicted molar refractivity (Wildman–Crippen MR) is 68.5 cm³/mol. The van der Waals surface area contributed by atoms with E-state index in [0.717, 1.165) is 6.42 Å². The Kier molecular flexibility index (Phi) is 5.20. The van der Waals surface area contributed by atoms with E-state index in [9.17, 15) is 18.0 Å². The largest absolute Gasteiger partial charge is 0.480 e. The highest BCUT2D eigenvalue weighted by atomic mass is 32.2. The van der Waals surface area contributed by atoms with Crippen molar-refractivity contribution < 1.29 is 23.1 Å². The lowest BCUT2D eigenvalue weighted by atomic mass is 10.1. The van der Waals surface area contributed by atoms with Gasteiger partial charge in [0.15, 0.2) is 5.78 Å². The Hall–Kier alpha value is -1.73. The zero-order valence-electron chi connectivity index (χ0n) is 10.4. The molecule has 2 N–H and O–H groups in total. The highest BCUT2D eigenvalue weighted by Gasteiger charge is 2.15. The first-order valence-corrected chi connectivity index (χ1v) is 7.20. The molecule has 0 saturated heterocycles. The van der Waals surface area contributed by atoms with Crippen molar-refractivity contribution in [3.8, 4) is 0 Å². The van der Waals surface area contributed by atoms with E-state index >= 15 is 0 Å². The molecule has 0 aliphatic heterocycles. The third-order valence-corrected chi connectivity index (χ3v) is 3.79. The Morgan fingerprint density at radius 2 is 1.79 bits per heavy atom. The van der Waals surface area contributed by atoms with E-state index in [1.165, 1.54) is 24.3 Å². The molecule has 0 bridgehead atoms. The van der Waals surface area contributed by atoms with Crippen molar-refractivity contribution in [1.82, 2.24) is 4.72 Å². The van der Waals surface area contributed by atoms with Crippen LogP contribution in [0.25, 0.3) is 0 Å². The van der Waals surface area contributed by atoms with Crippen LogP contribution in [-0.2, 0) is 14.8 Å². The molecule has 0 atom stereocenters. The number of aliphatic carboxylic acids is 1. The maximum Gasteiger partial charge on any atom is 0.318 e. The molecule has 6 nitrogen and oxygen atoms in total. The number of Topliss-reactive ketones (excluding diaryl/α,β-unsaturated/α-hetero) is 1. The average molecular weight is 285 g/mol. The van der Waals surface area contributed by atoms with Crippen LogP contribution in [0.5, 0.6) is 0 Å². The summed E-state index contributed by atoms with van der Waals surface area (Å²) in [6.07, 6.45) is 1.13. The SMILES string of the molecule is CCCC(=O)c1ccc(S(=O)(=O)NCC(=O)O)cc1. The molecule has 0 heterocycles. The lowest BCUT2D eigenvalue weighted by molar-refractivity contribution is -0.135. The molecule has 0 saturated carbocycles. The topological polar surface area (TPSA) is 101 Å². The van der Waals surface area contributed by atoms with Gasteiger partial charge < -0.3 is 5.11 Å². The number of carboxylic acids is 1. The molecule has 7 heteroatoms. The Morgan fingerprint density at radius 1 is 1.21 bits per heavy atom. The molecule has 0 unspecified atom stereocenters. The monoisotopic (exact) mass is 285 g/mol. The summed E-state index contributed by atoms with van der Waals surface area (Å²) >= 11 is 0. The number of carbonyl (C=O) groups is 2. The predicted octanol–water partition coefficient (Wildman–Crippen LogP) is 1.03. The summed E-state index contributed by atoms with van der Waals surface area (Å²) in [6.45, 7) is 1.20. The van der Waals surface area contributed by atoms with Crippen LogP contribution in [0.1, 0.15) is 30.1 Å². The van der Waals surface area contributed by atoms with Crippen molar-refractivity contribution in [1.29, 1.82) is 0 Å². The van der Waals surface area contributed by atoms with Gasteiger partial charge in [0, 0.05) is 12.0 Å². The van der Waals surface area contributed by atoms with E-state index in [4.69, 9.17) is 5.11 Å². The third kappa shape index (κ3) is 4.46. The van der Waals surface area contributed by atoms with Gasteiger partial charge in [0.1, 0.15) is 6.54 Å². The molecule has 0 fully saturated rings. The molecule has 19 heavy (non-hydrogen) atoms. The van der Waals surface area contributed by atoms with E-state index in [2.05, 4.69) is 0 Å².